The molecule has 0 fully saturated rings. The number of anilines is 1. The van der Waals surface area contributed by atoms with E-state index in [1.807, 2.05) is 67.8 Å². The molecule has 0 aliphatic rings. The predicted molar refractivity (Wildman–Crippen MR) is 114 cm³/mol. The van der Waals surface area contributed by atoms with Crippen LogP contribution in [0, 0.1) is 10.7 Å². The van der Waals surface area contributed by atoms with Gasteiger partial charge < -0.3 is 20.5 Å². The number of ether oxygens (including phenoxy) is 1. The summed E-state index contributed by atoms with van der Waals surface area (Å²) < 4.78 is 6.72. The average molecular weight is 672 g/mol. The standard InChI is InChI=1S/C14H15I3N2O5/c1-3-24-5-8(21)19-13-11(16)7(4-18-6(2)20)10(15)9(12(13)17)14(22)23/h3-5H2,1-2H3,(H,18,20)(H,19,21)(H,22,23). The van der Waals surface area contributed by atoms with Crippen LogP contribution in [0.1, 0.15) is 29.8 Å². The van der Waals surface area contributed by atoms with Gasteiger partial charge in [0.1, 0.15) is 6.61 Å². The van der Waals surface area contributed by atoms with Gasteiger partial charge in [-0.3, -0.25) is 9.59 Å². The van der Waals surface area contributed by atoms with Gasteiger partial charge in [-0.1, -0.05) is 0 Å². The van der Waals surface area contributed by atoms with Gasteiger partial charge in [0.25, 0.3) is 0 Å². The molecular weight excluding hydrogens is 657 g/mol. The number of nitrogens with one attached hydrogen (secondary N) is 2. The maximum absolute atomic E-state index is 12.0. The zero-order valence-corrected chi connectivity index (χ0v) is 19.3. The van der Waals surface area contributed by atoms with Crippen LogP contribution in [0.3, 0.4) is 0 Å². The number of hydrogen-bond donors (Lipinski definition) is 3. The van der Waals surface area contributed by atoms with Gasteiger partial charge in [0.05, 0.1) is 14.8 Å². The summed E-state index contributed by atoms with van der Waals surface area (Å²) in [5.41, 5.74) is 1.17. The minimum absolute atomic E-state index is 0.101. The van der Waals surface area contributed by atoms with Crippen molar-refractivity contribution < 1.29 is 24.2 Å². The van der Waals surface area contributed by atoms with Crippen molar-refractivity contribution in [1.82, 2.24) is 5.32 Å². The first-order chi connectivity index (χ1) is 11.2. The van der Waals surface area contributed by atoms with E-state index in [1.54, 1.807) is 6.92 Å². The van der Waals surface area contributed by atoms with Crippen molar-refractivity contribution in [3.63, 3.8) is 0 Å². The van der Waals surface area contributed by atoms with Crippen LogP contribution in [0.2, 0.25) is 0 Å². The van der Waals surface area contributed by atoms with E-state index in [2.05, 4.69) is 10.6 Å². The molecule has 0 aliphatic heterocycles. The van der Waals surface area contributed by atoms with E-state index in [9.17, 15) is 19.5 Å². The van der Waals surface area contributed by atoms with Gasteiger partial charge in [-0.2, -0.15) is 0 Å². The van der Waals surface area contributed by atoms with Crippen molar-refractivity contribution in [3.8, 4) is 0 Å². The van der Waals surface area contributed by atoms with E-state index in [4.69, 9.17) is 4.74 Å². The molecule has 2 amide bonds. The molecule has 132 valence electrons. The van der Waals surface area contributed by atoms with Gasteiger partial charge >= 0.3 is 5.97 Å². The zero-order chi connectivity index (χ0) is 18.4. The van der Waals surface area contributed by atoms with Gasteiger partial charge in [-0.05, 0) is 74.7 Å². The van der Waals surface area contributed by atoms with Gasteiger partial charge in [0.15, 0.2) is 0 Å². The summed E-state index contributed by atoms with van der Waals surface area (Å²) in [6.45, 7) is 3.63. The molecule has 0 unspecified atom stereocenters. The third-order valence-electron chi connectivity index (χ3n) is 2.84. The van der Waals surface area contributed by atoms with E-state index in [0.29, 0.717) is 28.6 Å². The monoisotopic (exact) mass is 672 g/mol. The number of hydrogen-bond acceptors (Lipinski definition) is 4. The number of benzene rings is 1. The van der Waals surface area contributed by atoms with E-state index in [1.165, 1.54) is 6.92 Å². The summed E-state index contributed by atoms with van der Waals surface area (Å²) in [4.78, 5) is 34.8. The third-order valence-corrected chi connectivity index (χ3v) is 6.30. The molecule has 0 saturated heterocycles. The van der Waals surface area contributed by atoms with Gasteiger partial charge in [-0.15, -0.1) is 0 Å². The maximum Gasteiger partial charge on any atom is 0.337 e. The third kappa shape index (κ3) is 5.66. The van der Waals surface area contributed by atoms with Crippen molar-refractivity contribution in [2.45, 2.75) is 20.4 Å². The van der Waals surface area contributed by atoms with Gasteiger partial charge in [-0.25, -0.2) is 4.79 Å². The lowest BCUT2D eigenvalue weighted by Crippen LogP contribution is -2.24. The number of carboxylic acids is 1. The Bertz CT molecular complexity index is 679. The number of aromatic carboxylic acids is 1. The van der Waals surface area contributed by atoms with Crippen LogP contribution in [-0.2, 0) is 20.9 Å². The van der Waals surface area contributed by atoms with Gasteiger partial charge in [0.2, 0.25) is 11.8 Å². The van der Waals surface area contributed by atoms with Gasteiger partial charge in [0, 0.05) is 32.8 Å². The van der Waals surface area contributed by atoms with Crippen molar-refractivity contribution in [2.75, 3.05) is 18.5 Å². The highest BCUT2D eigenvalue weighted by molar-refractivity contribution is 14.1. The molecule has 0 bridgehead atoms. The fraction of sp³-hybridized carbons (Fsp3) is 0.357. The van der Waals surface area contributed by atoms with Crippen molar-refractivity contribution in [2.24, 2.45) is 0 Å². The lowest BCUT2D eigenvalue weighted by Gasteiger charge is -2.18. The molecule has 0 atom stereocenters. The first-order valence-corrected chi connectivity index (χ1v) is 9.98. The summed E-state index contributed by atoms with van der Waals surface area (Å²) >= 11 is 5.89. The first kappa shape index (κ1) is 21.8. The highest BCUT2D eigenvalue weighted by Gasteiger charge is 2.25. The molecule has 24 heavy (non-hydrogen) atoms. The predicted octanol–water partition coefficient (Wildman–Crippen LogP) is 2.81. The van der Waals surface area contributed by atoms with Crippen molar-refractivity contribution in [1.29, 1.82) is 0 Å². The van der Waals surface area contributed by atoms with Crippen LogP contribution in [0.4, 0.5) is 5.69 Å². The Labute approximate surface area is 180 Å². The van der Waals surface area contributed by atoms with Crippen LogP contribution in [0.15, 0.2) is 0 Å². The second kappa shape index (κ2) is 10.1. The fourth-order valence-corrected chi connectivity index (χ4v) is 6.03. The molecule has 10 heteroatoms. The molecule has 0 aromatic heterocycles. The Balaban J connectivity index is 3.37. The van der Waals surface area contributed by atoms with E-state index < -0.39 is 5.97 Å². The summed E-state index contributed by atoms with van der Waals surface area (Å²) in [5, 5.41) is 14.9. The molecule has 0 aliphatic carbocycles. The number of carboxylic acid groups (broad SMARTS) is 1. The largest absolute Gasteiger partial charge is 0.478 e. The van der Waals surface area contributed by atoms with Crippen LogP contribution < -0.4 is 10.6 Å². The van der Waals surface area contributed by atoms with Crippen LogP contribution in [0.25, 0.3) is 0 Å². The highest BCUT2D eigenvalue weighted by atomic mass is 127. The smallest absolute Gasteiger partial charge is 0.337 e. The Morgan fingerprint density at radius 2 is 1.75 bits per heavy atom. The lowest BCUT2D eigenvalue weighted by atomic mass is 10.1. The molecule has 1 aromatic carbocycles. The van der Waals surface area contributed by atoms with Crippen molar-refractivity contribution in [3.05, 3.63) is 21.8 Å². The van der Waals surface area contributed by atoms with E-state index >= 15 is 0 Å². The number of rotatable bonds is 7. The summed E-state index contributed by atoms with van der Waals surface area (Å²) in [5.74, 6) is -1.68. The molecule has 0 heterocycles. The quantitative estimate of drug-likeness (QED) is 0.387. The first-order valence-electron chi connectivity index (χ1n) is 6.75. The Morgan fingerprint density at radius 3 is 2.25 bits per heavy atom. The van der Waals surface area contributed by atoms with Crippen molar-refractivity contribution >= 4 is 91.2 Å². The number of amides is 2. The second-order valence-electron chi connectivity index (χ2n) is 4.57. The zero-order valence-electron chi connectivity index (χ0n) is 12.8. The molecule has 3 N–H and O–H groups in total. The second-order valence-corrected chi connectivity index (χ2v) is 7.81. The minimum Gasteiger partial charge on any atom is -0.478 e. The molecule has 1 aromatic rings. The Morgan fingerprint density at radius 1 is 1.12 bits per heavy atom. The maximum atomic E-state index is 12.0. The molecule has 1 rings (SSSR count). The molecule has 0 spiro atoms. The lowest BCUT2D eigenvalue weighted by molar-refractivity contribution is -0.120. The summed E-state index contributed by atoms with van der Waals surface area (Å²) in [7, 11) is 0. The SMILES string of the molecule is CCOCC(=O)Nc1c(I)c(CNC(C)=O)c(I)c(C(=O)O)c1I. The Kier molecular flexibility index (Phi) is 9.14. The van der Waals surface area contributed by atoms with Crippen LogP contribution in [-0.4, -0.2) is 36.1 Å². The summed E-state index contributed by atoms with van der Waals surface area (Å²) in [6, 6.07) is 0. The molecule has 0 saturated carbocycles. The molecule has 0 radical (unpaired) electrons. The highest BCUT2D eigenvalue weighted by Crippen LogP contribution is 2.35. The minimum atomic E-state index is -1.09. The number of carbonyl (C=O) groups excluding carboxylic acids is 2. The normalized spacial score (nSPS) is 10.4. The molecular formula is C14H15I3N2O5. The van der Waals surface area contributed by atoms with E-state index in [-0.39, 0.29) is 30.5 Å². The fourth-order valence-electron chi connectivity index (χ4n) is 1.75. The Hall–Kier alpha value is -0.220. The van der Waals surface area contributed by atoms with E-state index in [0.717, 1.165) is 0 Å². The van der Waals surface area contributed by atoms with Crippen LogP contribution >= 0.6 is 67.8 Å². The number of carbonyl (C=O) groups is 3. The van der Waals surface area contributed by atoms with Crippen LogP contribution in [0.5, 0.6) is 0 Å². The summed E-state index contributed by atoms with van der Waals surface area (Å²) in [6.07, 6.45) is 0. The molecule has 7 nitrogen and oxygen atoms in total. The average Bonchev–Trinajstić information content (AvgIpc) is 2.48. The number of halogens is 3. The topological polar surface area (TPSA) is 105 Å².